The average molecular weight is 197 g/mol. The van der Waals surface area contributed by atoms with Crippen LogP contribution in [-0.2, 0) is 4.74 Å². The third kappa shape index (κ3) is 4.25. The zero-order valence-electron chi connectivity index (χ0n) is 9.51. The molecule has 1 aliphatic rings. The van der Waals surface area contributed by atoms with Crippen LogP contribution < -0.4 is 5.73 Å². The average Bonchev–Trinajstić information content (AvgIpc) is 2.14. The maximum Gasteiger partial charge on any atom is 0.0650 e. The third-order valence-electron chi connectivity index (χ3n) is 2.85. The number of allylic oxidation sites excluding steroid dienone is 1. The van der Waals surface area contributed by atoms with Crippen LogP contribution in [0.3, 0.4) is 0 Å². The van der Waals surface area contributed by atoms with Gasteiger partial charge in [-0.05, 0) is 26.7 Å². The molecule has 2 N–H and O–H groups in total. The predicted octanol–water partition coefficient (Wildman–Crippen LogP) is 2.63. The first kappa shape index (κ1) is 11.7. The quantitative estimate of drug-likeness (QED) is 0.555. The molecule has 0 aliphatic heterocycles. The summed E-state index contributed by atoms with van der Waals surface area (Å²) in [5.74, 6) is 0. The molecule has 1 rings (SSSR count). The summed E-state index contributed by atoms with van der Waals surface area (Å²) in [5.41, 5.74) is 7.50. The molecule has 82 valence electrons. The van der Waals surface area contributed by atoms with Crippen LogP contribution in [0.4, 0.5) is 0 Å². The second kappa shape index (κ2) is 5.52. The van der Waals surface area contributed by atoms with Crippen molar-refractivity contribution in [2.45, 2.75) is 51.5 Å². The fourth-order valence-corrected chi connectivity index (χ4v) is 1.89. The Morgan fingerprint density at radius 1 is 1.29 bits per heavy atom. The first-order valence-electron chi connectivity index (χ1n) is 5.62. The van der Waals surface area contributed by atoms with Gasteiger partial charge in [0.15, 0.2) is 0 Å². The molecule has 1 saturated carbocycles. The van der Waals surface area contributed by atoms with E-state index in [1.165, 1.54) is 24.8 Å². The Hall–Kier alpha value is -0.340. The van der Waals surface area contributed by atoms with Gasteiger partial charge in [0.05, 0.1) is 13.2 Å². The normalized spacial score (nSPS) is 20.5. The van der Waals surface area contributed by atoms with Crippen molar-refractivity contribution in [3.63, 3.8) is 0 Å². The highest BCUT2D eigenvalue weighted by Gasteiger charge is 2.27. The molecule has 0 bridgehead atoms. The summed E-state index contributed by atoms with van der Waals surface area (Å²) >= 11 is 0. The van der Waals surface area contributed by atoms with E-state index in [4.69, 9.17) is 10.5 Å². The highest BCUT2D eigenvalue weighted by atomic mass is 16.5. The monoisotopic (exact) mass is 197 g/mol. The molecule has 0 radical (unpaired) electrons. The van der Waals surface area contributed by atoms with Crippen LogP contribution >= 0.6 is 0 Å². The van der Waals surface area contributed by atoms with E-state index in [9.17, 15) is 0 Å². The molecule has 0 atom stereocenters. The summed E-state index contributed by atoms with van der Waals surface area (Å²) in [5, 5.41) is 0. The van der Waals surface area contributed by atoms with E-state index in [0.717, 1.165) is 19.4 Å². The first-order valence-corrected chi connectivity index (χ1v) is 5.62. The van der Waals surface area contributed by atoms with Gasteiger partial charge >= 0.3 is 0 Å². The molecule has 14 heavy (non-hydrogen) atoms. The molecular formula is C12H23NO. The lowest BCUT2D eigenvalue weighted by atomic mass is 9.83. The fourth-order valence-electron chi connectivity index (χ4n) is 1.89. The second-order valence-electron chi connectivity index (χ2n) is 4.72. The van der Waals surface area contributed by atoms with Gasteiger partial charge in [0.2, 0.25) is 0 Å². The Balaban J connectivity index is 2.19. The molecule has 0 heterocycles. The number of hydrogen-bond donors (Lipinski definition) is 1. The van der Waals surface area contributed by atoms with E-state index in [0.29, 0.717) is 6.61 Å². The molecule has 0 unspecified atom stereocenters. The lowest BCUT2D eigenvalue weighted by Crippen LogP contribution is -2.46. The number of nitrogens with two attached hydrogens (primary N) is 1. The zero-order valence-corrected chi connectivity index (χ0v) is 9.51. The van der Waals surface area contributed by atoms with Crippen LogP contribution in [0.2, 0.25) is 0 Å². The van der Waals surface area contributed by atoms with Crippen molar-refractivity contribution in [2.24, 2.45) is 5.73 Å². The molecule has 1 aliphatic carbocycles. The minimum absolute atomic E-state index is 0.0340. The molecule has 2 nitrogen and oxygen atoms in total. The number of hydrogen-bond acceptors (Lipinski definition) is 2. The van der Waals surface area contributed by atoms with E-state index in [-0.39, 0.29) is 5.54 Å². The summed E-state index contributed by atoms with van der Waals surface area (Å²) in [6, 6.07) is 0. The maximum absolute atomic E-state index is 6.23. The Labute approximate surface area is 87.5 Å². The minimum Gasteiger partial charge on any atom is -0.375 e. The molecule has 0 spiro atoms. The first-order chi connectivity index (χ1) is 6.62. The Morgan fingerprint density at radius 3 is 2.50 bits per heavy atom. The molecule has 0 amide bonds. The number of rotatable bonds is 4. The van der Waals surface area contributed by atoms with Crippen LogP contribution in [0, 0.1) is 0 Å². The lowest BCUT2D eigenvalue weighted by Gasteiger charge is -2.32. The van der Waals surface area contributed by atoms with Crippen LogP contribution in [0.15, 0.2) is 11.6 Å². The van der Waals surface area contributed by atoms with Gasteiger partial charge in [-0.1, -0.05) is 30.9 Å². The highest BCUT2D eigenvalue weighted by molar-refractivity contribution is 4.93. The van der Waals surface area contributed by atoms with E-state index >= 15 is 0 Å². The second-order valence-corrected chi connectivity index (χ2v) is 4.72. The van der Waals surface area contributed by atoms with Crippen molar-refractivity contribution >= 4 is 0 Å². The van der Waals surface area contributed by atoms with Crippen LogP contribution in [0.25, 0.3) is 0 Å². The van der Waals surface area contributed by atoms with Crippen molar-refractivity contribution in [2.75, 3.05) is 13.2 Å². The van der Waals surface area contributed by atoms with Gasteiger partial charge in [0.25, 0.3) is 0 Å². The Kier molecular flexibility index (Phi) is 4.63. The summed E-state index contributed by atoms with van der Waals surface area (Å²) in [6.45, 7) is 5.60. The molecular weight excluding hydrogens is 174 g/mol. The summed E-state index contributed by atoms with van der Waals surface area (Å²) in [6.07, 6.45) is 8.23. The number of ether oxygens (including phenoxy) is 1. The zero-order chi connectivity index (χ0) is 10.4. The van der Waals surface area contributed by atoms with Gasteiger partial charge in [-0.25, -0.2) is 0 Å². The van der Waals surface area contributed by atoms with Crippen molar-refractivity contribution in [1.82, 2.24) is 0 Å². The van der Waals surface area contributed by atoms with Crippen LogP contribution in [0.5, 0.6) is 0 Å². The van der Waals surface area contributed by atoms with E-state index in [1.807, 2.05) is 0 Å². The standard InChI is InChI=1S/C12H23NO/c1-11(2)6-9-14-10-12(13)7-4-3-5-8-12/h6H,3-5,7-10,13H2,1-2H3. The molecule has 0 aromatic carbocycles. The SMILES string of the molecule is CC(C)=CCOCC1(N)CCCCC1. The van der Waals surface area contributed by atoms with Crippen molar-refractivity contribution in [3.05, 3.63) is 11.6 Å². The van der Waals surface area contributed by atoms with E-state index in [1.54, 1.807) is 0 Å². The molecule has 0 aromatic heterocycles. The van der Waals surface area contributed by atoms with Gasteiger partial charge in [-0.2, -0.15) is 0 Å². The van der Waals surface area contributed by atoms with Gasteiger partial charge < -0.3 is 10.5 Å². The van der Waals surface area contributed by atoms with Crippen LogP contribution in [-0.4, -0.2) is 18.8 Å². The highest BCUT2D eigenvalue weighted by Crippen LogP contribution is 2.25. The molecule has 1 fully saturated rings. The summed E-state index contributed by atoms with van der Waals surface area (Å²) in [7, 11) is 0. The van der Waals surface area contributed by atoms with E-state index < -0.39 is 0 Å². The predicted molar refractivity (Wildman–Crippen MR) is 60.3 cm³/mol. The van der Waals surface area contributed by atoms with Crippen LogP contribution in [0.1, 0.15) is 46.0 Å². The van der Waals surface area contributed by atoms with Crippen molar-refractivity contribution in [3.8, 4) is 0 Å². The Morgan fingerprint density at radius 2 is 1.93 bits per heavy atom. The van der Waals surface area contributed by atoms with Gasteiger partial charge in [0.1, 0.15) is 0 Å². The summed E-state index contributed by atoms with van der Waals surface area (Å²) < 4.78 is 5.59. The van der Waals surface area contributed by atoms with Gasteiger partial charge in [-0.3, -0.25) is 0 Å². The Bertz CT molecular complexity index is 188. The van der Waals surface area contributed by atoms with Gasteiger partial charge in [-0.15, -0.1) is 0 Å². The summed E-state index contributed by atoms with van der Waals surface area (Å²) in [4.78, 5) is 0. The largest absolute Gasteiger partial charge is 0.375 e. The van der Waals surface area contributed by atoms with Gasteiger partial charge in [0, 0.05) is 5.54 Å². The maximum atomic E-state index is 6.23. The molecule has 0 saturated heterocycles. The molecule has 0 aromatic rings. The molecule has 2 heteroatoms. The smallest absolute Gasteiger partial charge is 0.0650 e. The lowest BCUT2D eigenvalue weighted by molar-refractivity contribution is 0.0853. The van der Waals surface area contributed by atoms with Crippen molar-refractivity contribution < 1.29 is 4.74 Å². The minimum atomic E-state index is -0.0340. The fraction of sp³-hybridized carbons (Fsp3) is 0.833. The van der Waals surface area contributed by atoms with Crippen molar-refractivity contribution in [1.29, 1.82) is 0 Å². The topological polar surface area (TPSA) is 35.2 Å². The third-order valence-corrected chi connectivity index (χ3v) is 2.85. The van der Waals surface area contributed by atoms with E-state index in [2.05, 4.69) is 19.9 Å².